The van der Waals surface area contributed by atoms with Gasteiger partial charge in [-0.3, -0.25) is 0 Å². The van der Waals surface area contributed by atoms with Crippen molar-refractivity contribution in [1.82, 2.24) is 5.32 Å². The molecule has 0 fully saturated rings. The third-order valence-electron chi connectivity index (χ3n) is 2.74. The van der Waals surface area contributed by atoms with Crippen LogP contribution in [0.3, 0.4) is 0 Å². The van der Waals surface area contributed by atoms with Crippen LogP contribution in [0.2, 0.25) is 0 Å². The van der Waals surface area contributed by atoms with E-state index in [1.807, 2.05) is 11.8 Å². The normalized spacial score (nSPS) is 12.6. The number of hydrogen-bond acceptors (Lipinski definition) is 3. The molecule has 1 aromatic carbocycles. The average molecular weight is 267 g/mol. The summed E-state index contributed by atoms with van der Waals surface area (Å²) >= 11 is 1.86. The first-order valence-electron chi connectivity index (χ1n) is 6.81. The summed E-state index contributed by atoms with van der Waals surface area (Å²) in [6.07, 6.45) is 1.10. The third kappa shape index (κ3) is 5.89. The van der Waals surface area contributed by atoms with Gasteiger partial charge in [0.05, 0.1) is 6.61 Å². The van der Waals surface area contributed by atoms with E-state index >= 15 is 0 Å². The van der Waals surface area contributed by atoms with Crippen LogP contribution in [0.4, 0.5) is 0 Å². The molecule has 1 atom stereocenters. The standard InChI is InChI=1S/C15H25NOS/c1-4-10-17-11-12-18-15-8-6-14(7-9-15)13(3)16-5-2/h6-9,13,16H,4-5,10-12H2,1-3H3. The Hall–Kier alpha value is -0.510. The maximum Gasteiger partial charge on any atom is 0.0560 e. The van der Waals surface area contributed by atoms with Crippen LogP contribution in [0.25, 0.3) is 0 Å². The average Bonchev–Trinajstić information content (AvgIpc) is 2.39. The highest BCUT2D eigenvalue weighted by Gasteiger charge is 2.03. The molecule has 1 N–H and O–H groups in total. The van der Waals surface area contributed by atoms with Gasteiger partial charge in [0.2, 0.25) is 0 Å². The molecular weight excluding hydrogens is 242 g/mol. The molecule has 1 aromatic rings. The molecule has 0 saturated heterocycles. The van der Waals surface area contributed by atoms with Crippen LogP contribution in [0.15, 0.2) is 29.2 Å². The van der Waals surface area contributed by atoms with Gasteiger partial charge < -0.3 is 10.1 Å². The van der Waals surface area contributed by atoms with E-state index in [0.717, 1.165) is 31.9 Å². The third-order valence-corrected chi connectivity index (χ3v) is 3.71. The smallest absolute Gasteiger partial charge is 0.0560 e. The summed E-state index contributed by atoms with van der Waals surface area (Å²) in [5.74, 6) is 1.03. The number of thioether (sulfide) groups is 1. The first-order chi connectivity index (χ1) is 8.77. The summed E-state index contributed by atoms with van der Waals surface area (Å²) in [6, 6.07) is 9.26. The minimum Gasteiger partial charge on any atom is -0.381 e. The molecule has 18 heavy (non-hydrogen) atoms. The highest BCUT2D eigenvalue weighted by molar-refractivity contribution is 7.99. The highest BCUT2D eigenvalue weighted by Crippen LogP contribution is 2.20. The number of rotatable bonds is 9. The van der Waals surface area contributed by atoms with Crippen molar-refractivity contribution in [2.24, 2.45) is 0 Å². The molecule has 0 amide bonds. The van der Waals surface area contributed by atoms with E-state index in [1.165, 1.54) is 10.5 Å². The molecule has 1 unspecified atom stereocenters. The predicted molar refractivity (Wildman–Crippen MR) is 80.4 cm³/mol. The zero-order valence-corrected chi connectivity index (χ0v) is 12.6. The first kappa shape index (κ1) is 15.5. The van der Waals surface area contributed by atoms with Crippen molar-refractivity contribution in [3.63, 3.8) is 0 Å². The van der Waals surface area contributed by atoms with Gasteiger partial charge in [0.25, 0.3) is 0 Å². The summed E-state index contributed by atoms with van der Waals surface area (Å²) < 4.78 is 5.47. The van der Waals surface area contributed by atoms with Crippen molar-refractivity contribution in [2.75, 3.05) is 25.5 Å². The van der Waals surface area contributed by atoms with Crippen LogP contribution in [0.5, 0.6) is 0 Å². The lowest BCUT2D eigenvalue weighted by Gasteiger charge is -2.13. The Bertz CT molecular complexity index is 313. The lowest BCUT2D eigenvalue weighted by Crippen LogP contribution is -2.17. The Labute approximate surface area is 116 Å². The zero-order chi connectivity index (χ0) is 13.2. The minimum atomic E-state index is 0.432. The Morgan fingerprint density at radius 1 is 1.17 bits per heavy atom. The molecule has 102 valence electrons. The molecule has 0 aliphatic carbocycles. The second-order valence-electron chi connectivity index (χ2n) is 4.31. The Morgan fingerprint density at radius 2 is 1.89 bits per heavy atom. The molecule has 0 heterocycles. The van der Waals surface area contributed by atoms with Crippen molar-refractivity contribution in [3.05, 3.63) is 29.8 Å². The molecule has 0 aromatic heterocycles. The number of ether oxygens (including phenoxy) is 1. The molecule has 0 aliphatic rings. The second kappa shape index (κ2) is 9.42. The van der Waals surface area contributed by atoms with Gasteiger partial charge in [-0.05, 0) is 37.6 Å². The Balaban J connectivity index is 2.31. The fraction of sp³-hybridized carbons (Fsp3) is 0.600. The van der Waals surface area contributed by atoms with Gasteiger partial charge in [0, 0.05) is 23.3 Å². The van der Waals surface area contributed by atoms with Gasteiger partial charge in [-0.25, -0.2) is 0 Å². The number of hydrogen-bond donors (Lipinski definition) is 1. The second-order valence-corrected chi connectivity index (χ2v) is 5.48. The molecule has 0 bridgehead atoms. The summed E-state index contributed by atoms with van der Waals surface area (Å²) in [6.45, 7) is 9.19. The van der Waals surface area contributed by atoms with Crippen molar-refractivity contribution in [2.45, 2.75) is 38.1 Å². The fourth-order valence-corrected chi connectivity index (χ4v) is 2.51. The van der Waals surface area contributed by atoms with E-state index in [4.69, 9.17) is 4.74 Å². The van der Waals surface area contributed by atoms with Crippen molar-refractivity contribution < 1.29 is 4.74 Å². The van der Waals surface area contributed by atoms with Crippen LogP contribution in [0.1, 0.15) is 38.8 Å². The molecule has 2 nitrogen and oxygen atoms in total. The molecule has 0 radical (unpaired) electrons. The number of benzene rings is 1. The largest absolute Gasteiger partial charge is 0.381 e. The van der Waals surface area contributed by atoms with E-state index in [0.29, 0.717) is 6.04 Å². The highest BCUT2D eigenvalue weighted by atomic mass is 32.2. The van der Waals surface area contributed by atoms with E-state index in [1.54, 1.807) is 0 Å². The SMILES string of the molecule is CCCOCCSc1ccc(C(C)NCC)cc1. The molecule has 0 aliphatic heterocycles. The van der Waals surface area contributed by atoms with Gasteiger partial charge in [-0.1, -0.05) is 26.0 Å². The van der Waals surface area contributed by atoms with Crippen LogP contribution >= 0.6 is 11.8 Å². The van der Waals surface area contributed by atoms with Crippen molar-refractivity contribution in [1.29, 1.82) is 0 Å². The lowest BCUT2D eigenvalue weighted by molar-refractivity contribution is 0.151. The van der Waals surface area contributed by atoms with E-state index in [2.05, 4.69) is 50.4 Å². The topological polar surface area (TPSA) is 21.3 Å². The summed E-state index contributed by atoms with van der Waals surface area (Å²) in [5.41, 5.74) is 1.35. The van der Waals surface area contributed by atoms with Gasteiger partial charge >= 0.3 is 0 Å². The van der Waals surface area contributed by atoms with E-state index in [-0.39, 0.29) is 0 Å². The predicted octanol–water partition coefficient (Wildman–Crippen LogP) is 3.88. The van der Waals surface area contributed by atoms with Gasteiger partial charge in [-0.15, -0.1) is 11.8 Å². The maximum absolute atomic E-state index is 5.47. The Morgan fingerprint density at radius 3 is 2.50 bits per heavy atom. The van der Waals surface area contributed by atoms with Gasteiger partial charge in [0.15, 0.2) is 0 Å². The van der Waals surface area contributed by atoms with Gasteiger partial charge in [-0.2, -0.15) is 0 Å². The summed E-state index contributed by atoms with van der Waals surface area (Å²) in [5, 5.41) is 3.42. The first-order valence-corrected chi connectivity index (χ1v) is 7.80. The minimum absolute atomic E-state index is 0.432. The fourth-order valence-electron chi connectivity index (χ4n) is 1.74. The maximum atomic E-state index is 5.47. The lowest BCUT2D eigenvalue weighted by atomic mass is 10.1. The van der Waals surface area contributed by atoms with Crippen LogP contribution in [-0.2, 0) is 4.74 Å². The van der Waals surface area contributed by atoms with Crippen molar-refractivity contribution >= 4 is 11.8 Å². The van der Waals surface area contributed by atoms with Crippen LogP contribution < -0.4 is 5.32 Å². The molecule has 3 heteroatoms. The van der Waals surface area contributed by atoms with E-state index < -0.39 is 0 Å². The quantitative estimate of drug-likeness (QED) is 0.542. The molecular formula is C15H25NOS. The Kier molecular flexibility index (Phi) is 8.14. The van der Waals surface area contributed by atoms with Crippen LogP contribution in [-0.4, -0.2) is 25.5 Å². The zero-order valence-electron chi connectivity index (χ0n) is 11.7. The molecule has 1 rings (SSSR count). The van der Waals surface area contributed by atoms with Gasteiger partial charge in [0.1, 0.15) is 0 Å². The molecule has 0 saturated carbocycles. The molecule has 0 spiro atoms. The van der Waals surface area contributed by atoms with E-state index in [9.17, 15) is 0 Å². The summed E-state index contributed by atoms with van der Waals surface area (Å²) in [4.78, 5) is 1.32. The summed E-state index contributed by atoms with van der Waals surface area (Å²) in [7, 11) is 0. The van der Waals surface area contributed by atoms with Crippen molar-refractivity contribution in [3.8, 4) is 0 Å². The monoisotopic (exact) mass is 267 g/mol. The van der Waals surface area contributed by atoms with Crippen LogP contribution in [0, 0.1) is 0 Å². The number of nitrogens with one attached hydrogen (secondary N) is 1.